The molecule has 1 aromatic rings. The average molecular weight is 344 g/mol. The summed E-state index contributed by atoms with van der Waals surface area (Å²) in [6, 6.07) is 7.44. The highest BCUT2D eigenvalue weighted by Crippen LogP contribution is 2.25. The van der Waals surface area contributed by atoms with Crippen molar-refractivity contribution in [3.63, 3.8) is 0 Å². The van der Waals surface area contributed by atoms with E-state index in [4.69, 9.17) is 9.84 Å². The van der Waals surface area contributed by atoms with Crippen molar-refractivity contribution in [3.8, 4) is 11.8 Å². The van der Waals surface area contributed by atoms with Gasteiger partial charge < -0.3 is 20.1 Å². The fraction of sp³-hybridized carbons (Fsp3) is 0.444. The molecule has 7 nitrogen and oxygen atoms in total. The van der Waals surface area contributed by atoms with E-state index in [-0.39, 0.29) is 12.2 Å². The number of carbonyl (C=O) groups is 1. The van der Waals surface area contributed by atoms with Crippen LogP contribution in [0, 0.1) is 18.3 Å². The SMILES string of the molecule is COc1ccc(C)cc1NC(=O)/C(C#N)=C\N1CCN(CCO)CC1. The number of benzene rings is 1. The number of amides is 1. The van der Waals surface area contributed by atoms with E-state index in [1.54, 1.807) is 18.3 Å². The van der Waals surface area contributed by atoms with E-state index in [1.165, 1.54) is 7.11 Å². The number of aliphatic hydroxyl groups excluding tert-OH is 1. The Hall–Kier alpha value is -2.56. The molecule has 2 N–H and O–H groups in total. The van der Waals surface area contributed by atoms with Gasteiger partial charge in [-0.2, -0.15) is 5.26 Å². The van der Waals surface area contributed by atoms with Crippen LogP contribution < -0.4 is 10.1 Å². The molecule has 2 rings (SSSR count). The predicted octanol–water partition coefficient (Wildman–Crippen LogP) is 0.959. The first-order valence-electron chi connectivity index (χ1n) is 8.22. The van der Waals surface area contributed by atoms with Crippen molar-refractivity contribution < 1.29 is 14.6 Å². The Balaban J connectivity index is 2.04. The first-order chi connectivity index (χ1) is 12.1. The van der Waals surface area contributed by atoms with Crippen molar-refractivity contribution in [1.29, 1.82) is 5.26 Å². The van der Waals surface area contributed by atoms with Gasteiger partial charge in [-0.1, -0.05) is 6.07 Å². The zero-order valence-electron chi connectivity index (χ0n) is 14.7. The second-order valence-electron chi connectivity index (χ2n) is 5.91. The number of anilines is 1. The van der Waals surface area contributed by atoms with Gasteiger partial charge in [0.25, 0.3) is 5.91 Å². The van der Waals surface area contributed by atoms with Crippen molar-refractivity contribution in [1.82, 2.24) is 9.80 Å². The van der Waals surface area contributed by atoms with Gasteiger partial charge in [0.05, 0.1) is 19.4 Å². The van der Waals surface area contributed by atoms with Gasteiger partial charge in [0.1, 0.15) is 17.4 Å². The number of rotatable bonds is 6. The summed E-state index contributed by atoms with van der Waals surface area (Å²) in [5, 5.41) is 21.1. The highest BCUT2D eigenvalue weighted by atomic mass is 16.5. The summed E-state index contributed by atoms with van der Waals surface area (Å²) in [4.78, 5) is 16.5. The van der Waals surface area contributed by atoms with Crippen molar-refractivity contribution in [2.75, 3.05) is 51.8 Å². The lowest BCUT2D eigenvalue weighted by atomic mass is 10.2. The number of nitrogens with zero attached hydrogens (tertiary/aromatic N) is 3. The monoisotopic (exact) mass is 344 g/mol. The van der Waals surface area contributed by atoms with Gasteiger partial charge in [0.15, 0.2) is 0 Å². The maximum atomic E-state index is 12.4. The van der Waals surface area contributed by atoms with Crippen LogP contribution >= 0.6 is 0 Å². The number of carbonyl (C=O) groups excluding carboxylic acids is 1. The third-order valence-corrected chi connectivity index (χ3v) is 4.10. The Morgan fingerprint density at radius 1 is 1.40 bits per heavy atom. The van der Waals surface area contributed by atoms with E-state index in [1.807, 2.05) is 24.0 Å². The first-order valence-corrected chi connectivity index (χ1v) is 8.22. The molecule has 1 fully saturated rings. The molecule has 0 atom stereocenters. The van der Waals surface area contributed by atoms with Crippen molar-refractivity contribution in [2.24, 2.45) is 0 Å². The van der Waals surface area contributed by atoms with Crippen LogP contribution in [-0.4, -0.2) is 67.3 Å². The van der Waals surface area contributed by atoms with Gasteiger partial charge in [0.2, 0.25) is 0 Å². The van der Waals surface area contributed by atoms with Gasteiger partial charge in [-0.3, -0.25) is 9.69 Å². The van der Waals surface area contributed by atoms with Crippen LogP contribution in [0.15, 0.2) is 30.0 Å². The molecule has 1 amide bonds. The molecule has 1 saturated heterocycles. The number of aliphatic hydroxyl groups is 1. The Morgan fingerprint density at radius 2 is 2.12 bits per heavy atom. The number of aryl methyl sites for hydroxylation is 1. The number of β-amino-alcohol motifs (C(OH)–C–C–N with tert-alkyl or cyclic N) is 1. The number of hydrogen-bond acceptors (Lipinski definition) is 6. The largest absolute Gasteiger partial charge is 0.495 e. The second-order valence-corrected chi connectivity index (χ2v) is 5.91. The van der Waals surface area contributed by atoms with Crippen LogP contribution in [0.5, 0.6) is 5.75 Å². The van der Waals surface area contributed by atoms with Gasteiger partial charge >= 0.3 is 0 Å². The summed E-state index contributed by atoms with van der Waals surface area (Å²) in [5.74, 6) is 0.0954. The van der Waals surface area contributed by atoms with Gasteiger partial charge in [-0.15, -0.1) is 0 Å². The van der Waals surface area contributed by atoms with Gasteiger partial charge in [0, 0.05) is 38.9 Å². The molecular weight excluding hydrogens is 320 g/mol. The number of hydrogen-bond donors (Lipinski definition) is 2. The maximum absolute atomic E-state index is 12.4. The molecule has 0 aliphatic carbocycles. The minimum atomic E-state index is -0.454. The normalized spacial score (nSPS) is 15.6. The van der Waals surface area contributed by atoms with Crippen LogP contribution in [-0.2, 0) is 4.79 Å². The van der Waals surface area contributed by atoms with E-state index < -0.39 is 5.91 Å². The summed E-state index contributed by atoms with van der Waals surface area (Å²) in [5.41, 5.74) is 1.58. The van der Waals surface area contributed by atoms with Crippen LogP contribution in [0.4, 0.5) is 5.69 Å². The zero-order valence-corrected chi connectivity index (χ0v) is 14.7. The van der Waals surface area contributed by atoms with Gasteiger partial charge in [-0.05, 0) is 24.6 Å². The molecule has 1 aliphatic heterocycles. The molecule has 1 aromatic carbocycles. The van der Waals surface area contributed by atoms with E-state index in [9.17, 15) is 10.1 Å². The topological polar surface area (TPSA) is 88.8 Å². The summed E-state index contributed by atoms with van der Waals surface area (Å²) < 4.78 is 5.25. The quantitative estimate of drug-likeness (QED) is 0.590. The molecule has 1 aliphatic rings. The van der Waals surface area contributed by atoms with Crippen LogP contribution in [0.25, 0.3) is 0 Å². The Labute approximate surface area is 148 Å². The third-order valence-electron chi connectivity index (χ3n) is 4.10. The minimum absolute atomic E-state index is 0.0548. The molecule has 0 saturated carbocycles. The average Bonchev–Trinajstić information content (AvgIpc) is 2.61. The summed E-state index contributed by atoms with van der Waals surface area (Å²) in [6.45, 7) is 5.73. The molecule has 1 heterocycles. The predicted molar refractivity (Wildman–Crippen MR) is 95.2 cm³/mol. The second kappa shape index (κ2) is 9.06. The number of methoxy groups -OCH3 is 1. The van der Waals surface area contributed by atoms with E-state index in [0.29, 0.717) is 31.1 Å². The smallest absolute Gasteiger partial charge is 0.267 e. The number of piperazine rings is 1. The van der Waals surface area contributed by atoms with Crippen molar-refractivity contribution in [2.45, 2.75) is 6.92 Å². The first kappa shape index (κ1) is 18.8. The Morgan fingerprint density at radius 3 is 2.72 bits per heavy atom. The molecule has 0 aromatic heterocycles. The van der Waals surface area contributed by atoms with E-state index in [0.717, 1.165) is 18.7 Å². The molecule has 134 valence electrons. The van der Waals surface area contributed by atoms with E-state index in [2.05, 4.69) is 10.2 Å². The molecule has 0 bridgehead atoms. The molecule has 0 unspecified atom stereocenters. The standard InChI is InChI=1S/C18H24N4O3/c1-14-3-4-17(25-2)16(11-14)20-18(24)15(12-19)13-22-7-5-21(6-8-22)9-10-23/h3-4,11,13,23H,5-10H2,1-2H3,(H,20,24)/b15-13-. The van der Waals surface area contributed by atoms with Crippen LogP contribution in [0.2, 0.25) is 0 Å². The lowest BCUT2D eigenvalue weighted by molar-refractivity contribution is -0.112. The zero-order chi connectivity index (χ0) is 18.2. The molecule has 7 heteroatoms. The molecule has 0 spiro atoms. The summed E-state index contributed by atoms with van der Waals surface area (Å²) in [6.07, 6.45) is 1.61. The van der Waals surface area contributed by atoms with Crippen LogP contribution in [0.1, 0.15) is 5.56 Å². The Bertz CT molecular complexity index is 673. The number of ether oxygens (including phenoxy) is 1. The lowest BCUT2D eigenvalue weighted by Gasteiger charge is -2.33. The fourth-order valence-corrected chi connectivity index (χ4v) is 2.69. The van der Waals surface area contributed by atoms with Crippen molar-refractivity contribution in [3.05, 3.63) is 35.5 Å². The maximum Gasteiger partial charge on any atom is 0.267 e. The summed E-state index contributed by atoms with van der Waals surface area (Å²) in [7, 11) is 1.53. The van der Waals surface area contributed by atoms with Crippen molar-refractivity contribution >= 4 is 11.6 Å². The highest BCUT2D eigenvalue weighted by molar-refractivity contribution is 6.07. The fourth-order valence-electron chi connectivity index (χ4n) is 2.69. The number of nitrogens with one attached hydrogen (secondary N) is 1. The van der Waals surface area contributed by atoms with Gasteiger partial charge in [-0.25, -0.2) is 0 Å². The molecule has 25 heavy (non-hydrogen) atoms. The van der Waals surface area contributed by atoms with E-state index >= 15 is 0 Å². The third kappa shape index (κ3) is 5.21. The number of nitriles is 1. The molecule has 0 radical (unpaired) electrons. The Kier molecular flexibility index (Phi) is 6.81. The molecular formula is C18H24N4O3. The highest BCUT2D eigenvalue weighted by Gasteiger charge is 2.17. The van der Waals surface area contributed by atoms with Crippen LogP contribution in [0.3, 0.4) is 0 Å². The lowest BCUT2D eigenvalue weighted by Crippen LogP contribution is -2.45. The minimum Gasteiger partial charge on any atom is -0.495 e. The summed E-state index contributed by atoms with van der Waals surface area (Å²) >= 11 is 0.